The zero-order chi connectivity index (χ0) is 26.8. The molecule has 3 N–H and O–H groups in total. The minimum Gasteiger partial charge on any atom is -0.324 e. The molecular weight excluding hydrogens is 484 g/mol. The number of pyridine rings is 1. The number of aromatic nitrogens is 1. The monoisotopic (exact) mass is 510 g/mol. The predicted molar refractivity (Wildman–Crippen MR) is 142 cm³/mol. The molecule has 0 aliphatic carbocycles. The van der Waals surface area contributed by atoms with E-state index in [1.54, 1.807) is 64.1 Å². The molecule has 0 saturated carbocycles. The molecule has 10 nitrogen and oxygen atoms in total. The van der Waals surface area contributed by atoms with Crippen LogP contribution < -0.4 is 21.5 Å². The average Bonchev–Trinajstić information content (AvgIpc) is 2.90. The maximum atomic E-state index is 13.2. The van der Waals surface area contributed by atoms with Crippen molar-refractivity contribution in [1.82, 2.24) is 9.47 Å². The van der Waals surface area contributed by atoms with E-state index in [1.807, 2.05) is 12.1 Å². The molecule has 1 aromatic heterocycles. The second kappa shape index (κ2) is 10.2. The third kappa shape index (κ3) is 5.13. The molecule has 1 fully saturated rings. The smallest absolute Gasteiger partial charge is 0.323 e. The van der Waals surface area contributed by atoms with Gasteiger partial charge in [-0.05, 0) is 73.9 Å². The van der Waals surface area contributed by atoms with Crippen LogP contribution >= 0.6 is 0 Å². The summed E-state index contributed by atoms with van der Waals surface area (Å²) in [5.41, 5.74) is 2.76. The number of piperidine rings is 1. The van der Waals surface area contributed by atoms with Gasteiger partial charge in [0.15, 0.2) is 5.78 Å². The number of nitrogens with one attached hydrogen (secondary N) is 3. The fourth-order valence-electron chi connectivity index (χ4n) is 5.15. The number of carbonyl (C=O) groups is 3. The van der Waals surface area contributed by atoms with Gasteiger partial charge in [-0.25, -0.2) is 9.59 Å². The number of nitrogens with zero attached hydrogens (tertiary/aromatic N) is 3. The molecule has 1 saturated heterocycles. The lowest BCUT2D eigenvalue weighted by Crippen LogP contribution is -2.50. The van der Waals surface area contributed by atoms with Gasteiger partial charge in [-0.15, -0.1) is 0 Å². The first-order valence-corrected chi connectivity index (χ1v) is 12.3. The number of ketones is 1. The first-order chi connectivity index (χ1) is 18.3. The largest absolute Gasteiger partial charge is 0.324 e. The van der Waals surface area contributed by atoms with Crippen LogP contribution in [0.4, 0.5) is 26.7 Å². The minimum atomic E-state index is -0.576. The van der Waals surface area contributed by atoms with Crippen LogP contribution in [0.1, 0.15) is 40.9 Å². The number of amides is 4. The van der Waals surface area contributed by atoms with Gasteiger partial charge in [-0.3, -0.25) is 9.59 Å². The molecule has 2 atom stereocenters. The normalized spacial score (nSPS) is 17.5. The van der Waals surface area contributed by atoms with E-state index in [0.29, 0.717) is 42.1 Å². The fourth-order valence-corrected chi connectivity index (χ4v) is 5.15. The summed E-state index contributed by atoms with van der Waals surface area (Å²) >= 11 is 0. The number of nitriles is 1. The lowest BCUT2D eigenvalue weighted by Gasteiger charge is -2.42. The van der Waals surface area contributed by atoms with Crippen LogP contribution in [0.15, 0.2) is 65.5 Å². The molecule has 3 heterocycles. The number of rotatable bonds is 4. The number of anilines is 3. The number of likely N-dealkylation sites (tertiary alicyclic amines) is 1. The van der Waals surface area contributed by atoms with Gasteiger partial charge in [0.05, 0.1) is 11.6 Å². The van der Waals surface area contributed by atoms with Crippen LogP contribution in [-0.2, 0) is 6.54 Å². The van der Waals surface area contributed by atoms with Gasteiger partial charge in [0.25, 0.3) is 5.56 Å². The number of hydrogen-bond donors (Lipinski definition) is 3. The molecular formula is C28H26N6O4. The highest BCUT2D eigenvalue weighted by Gasteiger charge is 2.36. The Kier molecular flexibility index (Phi) is 6.66. The molecule has 3 aromatic rings. The van der Waals surface area contributed by atoms with E-state index in [0.717, 1.165) is 12.1 Å². The lowest BCUT2D eigenvalue weighted by atomic mass is 9.83. The fraction of sp³-hybridized carbons (Fsp3) is 0.250. The summed E-state index contributed by atoms with van der Waals surface area (Å²) in [6, 6.07) is 17.9. The van der Waals surface area contributed by atoms with Gasteiger partial charge in [0, 0.05) is 48.2 Å². The molecule has 0 spiro atoms. The van der Waals surface area contributed by atoms with Crippen molar-refractivity contribution in [3.63, 3.8) is 0 Å². The summed E-state index contributed by atoms with van der Waals surface area (Å²) in [4.78, 5) is 51.9. The molecule has 2 bridgehead atoms. The molecule has 2 aromatic carbocycles. The Morgan fingerprint density at radius 3 is 2.45 bits per heavy atom. The maximum absolute atomic E-state index is 13.2. The molecule has 5 rings (SSSR count). The van der Waals surface area contributed by atoms with Crippen LogP contribution in [0.5, 0.6) is 0 Å². The van der Waals surface area contributed by atoms with Gasteiger partial charge >= 0.3 is 12.1 Å². The molecule has 192 valence electrons. The average molecular weight is 511 g/mol. The summed E-state index contributed by atoms with van der Waals surface area (Å²) < 4.78 is 1.69. The highest BCUT2D eigenvalue weighted by molar-refractivity contribution is 5.99. The van der Waals surface area contributed by atoms with Crippen molar-refractivity contribution < 1.29 is 14.4 Å². The van der Waals surface area contributed by atoms with Gasteiger partial charge < -0.3 is 25.4 Å². The van der Waals surface area contributed by atoms with Gasteiger partial charge in [-0.2, -0.15) is 5.26 Å². The van der Waals surface area contributed by atoms with Crippen molar-refractivity contribution in [3.05, 3.63) is 87.8 Å². The SMILES string of the molecule is CC(=O)c1ccc(NC(=O)N2CC3CC(C2)c2ccc(NC(=O)Nc4cccc(C#N)c4)c(=O)n2C3)cc1. The number of carbonyl (C=O) groups excluding carboxylic acids is 3. The summed E-state index contributed by atoms with van der Waals surface area (Å²) in [6.07, 6.45) is 0.874. The summed E-state index contributed by atoms with van der Waals surface area (Å²) in [5, 5.41) is 17.2. The Labute approximate surface area is 218 Å². The lowest BCUT2D eigenvalue weighted by molar-refractivity contribution is 0.101. The molecule has 10 heteroatoms. The second-order valence-corrected chi connectivity index (χ2v) is 9.63. The van der Waals surface area contributed by atoms with Crippen LogP contribution in [0.25, 0.3) is 0 Å². The number of fused-ring (bicyclic) bond motifs is 4. The van der Waals surface area contributed by atoms with Gasteiger partial charge in [0.2, 0.25) is 0 Å². The highest BCUT2D eigenvalue weighted by Crippen LogP contribution is 2.35. The first kappa shape index (κ1) is 24.8. The van der Waals surface area contributed by atoms with Crippen molar-refractivity contribution in [2.45, 2.75) is 25.8 Å². The number of Topliss-reactive ketones (excluding diaryl/α,β-unsaturated/α-hetero) is 1. The van der Waals surface area contributed by atoms with Crippen molar-refractivity contribution in [2.24, 2.45) is 5.92 Å². The third-order valence-corrected chi connectivity index (χ3v) is 6.93. The van der Waals surface area contributed by atoms with E-state index < -0.39 is 6.03 Å². The Bertz CT molecular complexity index is 1520. The number of benzene rings is 2. The molecule has 38 heavy (non-hydrogen) atoms. The second-order valence-electron chi connectivity index (χ2n) is 9.63. The van der Waals surface area contributed by atoms with Crippen molar-refractivity contribution in [1.29, 1.82) is 5.26 Å². The zero-order valence-electron chi connectivity index (χ0n) is 20.7. The van der Waals surface area contributed by atoms with Crippen molar-refractivity contribution >= 4 is 34.9 Å². The van der Waals surface area contributed by atoms with E-state index in [-0.39, 0.29) is 34.9 Å². The van der Waals surface area contributed by atoms with Crippen LogP contribution in [0.2, 0.25) is 0 Å². The number of urea groups is 2. The van der Waals surface area contributed by atoms with E-state index in [4.69, 9.17) is 5.26 Å². The maximum Gasteiger partial charge on any atom is 0.323 e. The number of hydrogen-bond acceptors (Lipinski definition) is 5. The standard InChI is InChI=1S/C28H26N6O4/c1-17(35)20-5-7-22(8-6-20)31-28(38)33-14-19-11-21(16-33)25-10-9-24(26(36)34(25)15-19)32-27(37)30-23-4-2-3-18(12-23)13-29/h2-10,12,19,21H,11,14-16H2,1H3,(H,31,38)(H2,30,32,37). The van der Waals surface area contributed by atoms with Crippen molar-refractivity contribution in [2.75, 3.05) is 29.0 Å². The van der Waals surface area contributed by atoms with Crippen molar-refractivity contribution in [3.8, 4) is 6.07 Å². The predicted octanol–water partition coefficient (Wildman–Crippen LogP) is 4.22. The highest BCUT2D eigenvalue weighted by atomic mass is 16.2. The molecule has 0 radical (unpaired) electrons. The summed E-state index contributed by atoms with van der Waals surface area (Å²) in [5.74, 6) is 0.0604. The summed E-state index contributed by atoms with van der Waals surface area (Å²) in [6.45, 7) is 2.92. The zero-order valence-corrected chi connectivity index (χ0v) is 20.7. The van der Waals surface area contributed by atoms with Gasteiger partial charge in [0.1, 0.15) is 5.69 Å². The molecule has 2 aliphatic heterocycles. The van der Waals surface area contributed by atoms with E-state index >= 15 is 0 Å². The van der Waals surface area contributed by atoms with Crippen LogP contribution in [0.3, 0.4) is 0 Å². The van der Waals surface area contributed by atoms with E-state index in [2.05, 4.69) is 16.0 Å². The third-order valence-electron chi connectivity index (χ3n) is 6.93. The topological polar surface area (TPSA) is 136 Å². The molecule has 4 amide bonds. The van der Waals surface area contributed by atoms with E-state index in [9.17, 15) is 19.2 Å². The summed E-state index contributed by atoms with van der Waals surface area (Å²) in [7, 11) is 0. The Morgan fingerprint density at radius 2 is 1.71 bits per heavy atom. The quantitative estimate of drug-likeness (QED) is 0.452. The van der Waals surface area contributed by atoms with Crippen LogP contribution in [-0.4, -0.2) is 40.4 Å². The molecule has 2 unspecified atom stereocenters. The van der Waals surface area contributed by atoms with Crippen LogP contribution in [0, 0.1) is 17.2 Å². The Morgan fingerprint density at radius 1 is 0.921 bits per heavy atom. The van der Waals surface area contributed by atoms with Gasteiger partial charge in [-0.1, -0.05) is 6.07 Å². The Balaban J connectivity index is 1.26. The minimum absolute atomic E-state index is 0.00219. The molecule has 2 aliphatic rings. The van der Waals surface area contributed by atoms with E-state index in [1.165, 1.54) is 6.92 Å². The Hall–Kier alpha value is -4.91. The first-order valence-electron chi connectivity index (χ1n) is 12.3.